The van der Waals surface area contributed by atoms with Crippen LogP contribution in [0.3, 0.4) is 0 Å². The van der Waals surface area contributed by atoms with Crippen LogP contribution in [0.25, 0.3) is 5.70 Å². The number of benzene rings is 1. The summed E-state index contributed by atoms with van der Waals surface area (Å²) in [5.41, 5.74) is 10.9. The lowest BCUT2D eigenvalue weighted by atomic mass is 9.67. The molecule has 104 valence electrons. The molecule has 2 heterocycles. The summed E-state index contributed by atoms with van der Waals surface area (Å²) in [6.07, 6.45) is 5.13. The summed E-state index contributed by atoms with van der Waals surface area (Å²) >= 11 is 0. The molecular weight excluding hydrogens is 246 g/mol. The molecule has 2 N–H and O–H groups in total. The lowest BCUT2D eigenvalue weighted by molar-refractivity contribution is 0.236. The maximum absolute atomic E-state index is 6.12. The third-order valence-corrected chi connectivity index (χ3v) is 5.27. The second-order valence-corrected chi connectivity index (χ2v) is 6.45. The van der Waals surface area contributed by atoms with Crippen LogP contribution in [0.4, 0.5) is 5.69 Å². The third-order valence-electron chi connectivity index (χ3n) is 5.27. The SMILES string of the molecule is C=C1c2cccc(C(C)N)c2N=C2N1CCC21CCC1. The fourth-order valence-electron chi connectivity index (χ4n) is 3.89. The predicted molar refractivity (Wildman–Crippen MR) is 82.8 cm³/mol. The monoisotopic (exact) mass is 267 g/mol. The zero-order valence-corrected chi connectivity index (χ0v) is 12.0. The van der Waals surface area contributed by atoms with Crippen LogP contribution in [0.2, 0.25) is 0 Å². The molecule has 1 aromatic rings. The third kappa shape index (κ3) is 1.41. The van der Waals surface area contributed by atoms with Gasteiger partial charge in [0, 0.05) is 29.3 Å². The van der Waals surface area contributed by atoms with Gasteiger partial charge in [-0.05, 0) is 31.7 Å². The van der Waals surface area contributed by atoms with Crippen LogP contribution < -0.4 is 5.73 Å². The summed E-state index contributed by atoms with van der Waals surface area (Å²) in [6.45, 7) is 7.42. The number of hydrogen-bond acceptors (Lipinski definition) is 3. The van der Waals surface area contributed by atoms with Gasteiger partial charge in [-0.25, -0.2) is 4.99 Å². The number of aliphatic imine (C=N–C) groups is 1. The zero-order chi connectivity index (χ0) is 13.9. The average Bonchev–Trinajstić information content (AvgIpc) is 2.78. The maximum atomic E-state index is 6.12. The van der Waals surface area contributed by atoms with Crippen LogP contribution in [0, 0.1) is 5.41 Å². The Hall–Kier alpha value is -1.61. The molecule has 3 aliphatic rings. The highest BCUT2D eigenvalue weighted by Crippen LogP contribution is 2.54. The van der Waals surface area contributed by atoms with Gasteiger partial charge >= 0.3 is 0 Å². The minimum absolute atomic E-state index is 0.00685. The van der Waals surface area contributed by atoms with E-state index in [4.69, 9.17) is 10.7 Å². The van der Waals surface area contributed by atoms with Crippen molar-refractivity contribution < 1.29 is 0 Å². The molecule has 1 aromatic carbocycles. The highest BCUT2D eigenvalue weighted by molar-refractivity contribution is 6.03. The molecular formula is C17H21N3. The van der Waals surface area contributed by atoms with E-state index in [1.807, 2.05) is 6.92 Å². The van der Waals surface area contributed by atoms with E-state index in [0.29, 0.717) is 5.41 Å². The Morgan fingerprint density at radius 1 is 1.35 bits per heavy atom. The van der Waals surface area contributed by atoms with Gasteiger partial charge in [-0.1, -0.05) is 31.2 Å². The van der Waals surface area contributed by atoms with Gasteiger partial charge in [0.1, 0.15) is 5.84 Å². The zero-order valence-electron chi connectivity index (χ0n) is 12.0. The summed E-state index contributed by atoms with van der Waals surface area (Å²) < 4.78 is 0. The molecule has 0 aromatic heterocycles. The van der Waals surface area contributed by atoms with Gasteiger partial charge in [0.2, 0.25) is 0 Å². The van der Waals surface area contributed by atoms with Crippen LogP contribution in [0.5, 0.6) is 0 Å². The lowest BCUT2D eigenvalue weighted by Crippen LogP contribution is -2.40. The molecule has 4 rings (SSSR count). The molecule has 0 amide bonds. The van der Waals surface area contributed by atoms with Gasteiger partial charge in [0.15, 0.2) is 0 Å². The van der Waals surface area contributed by atoms with Crippen molar-refractivity contribution in [3.05, 3.63) is 35.9 Å². The Labute approximate surface area is 120 Å². The fourth-order valence-corrected chi connectivity index (χ4v) is 3.89. The van der Waals surface area contributed by atoms with Gasteiger partial charge in [-0.3, -0.25) is 0 Å². The van der Waals surface area contributed by atoms with Gasteiger partial charge in [-0.2, -0.15) is 0 Å². The second-order valence-electron chi connectivity index (χ2n) is 6.45. The normalized spacial score (nSPS) is 24.0. The summed E-state index contributed by atoms with van der Waals surface area (Å²) in [7, 11) is 0. The summed E-state index contributed by atoms with van der Waals surface area (Å²) in [4.78, 5) is 7.40. The van der Waals surface area contributed by atoms with Crippen molar-refractivity contribution >= 4 is 17.2 Å². The van der Waals surface area contributed by atoms with E-state index in [1.54, 1.807) is 0 Å². The Morgan fingerprint density at radius 3 is 2.80 bits per heavy atom. The van der Waals surface area contributed by atoms with Gasteiger partial charge in [-0.15, -0.1) is 0 Å². The van der Waals surface area contributed by atoms with Crippen LogP contribution in [-0.4, -0.2) is 17.3 Å². The van der Waals surface area contributed by atoms with E-state index in [0.717, 1.165) is 29.1 Å². The average molecular weight is 267 g/mol. The van der Waals surface area contributed by atoms with Crippen LogP contribution in [-0.2, 0) is 0 Å². The molecule has 2 fully saturated rings. The van der Waals surface area contributed by atoms with Crippen molar-refractivity contribution in [2.24, 2.45) is 16.1 Å². The highest BCUT2D eigenvalue weighted by Gasteiger charge is 2.50. The smallest absolute Gasteiger partial charge is 0.116 e. The van der Waals surface area contributed by atoms with Crippen molar-refractivity contribution in [2.75, 3.05) is 6.54 Å². The first-order valence-corrected chi connectivity index (χ1v) is 7.57. The fraction of sp³-hybridized carbons (Fsp3) is 0.471. The lowest BCUT2D eigenvalue weighted by Gasteiger charge is -2.41. The Balaban J connectivity index is 1.91. The van der Waals surface area contributed by atoms with E-state index >= 15 is 0 Å². The molecule has 1 atom stereocenters. The van der Waals surface area contributed by atoms with Crippen molar-refractivity contribution in [1.82, 2.24) is 4.90 Å². The number of hydrogen-bond donors (Lipinski definition) is 1. The Bertz CT molecular complexity index is 623. The molecule has 2 aliphatic heterocycles. The van der Waals surface area contributed by atoms with E-state index in [1.165, 1.54) is 31.5 Å². The second kappa shape index (κ2) is 3.95. The van der Waals surface area contributed by atoms with Gasteiger partial charge in [0.05, 0.1) is 5.69 Å². The summed E-state index contributed by atoms with van der Waals surface area (Å²) in [6, 6.07) is 6.29. The summed E-state index contributed by atoms with van der Waals surface area (Å²) in [5, 5.41) is 0. The van der Waals surface area contributed by atoms with Crippen molar-refractivity contribution in [2.45, 2.75) is 38.6 Å². The quantitative estimate of drug-likeness (QED) is 0.844. The van der Waals surface area contributed by atoms with Crippen LogP contribution >= 0.6 is 0 Å². The standard InChI is InChI=1S/C17H21N3/c1-11(18)13-5-3-6-14-12(2)20-10-9-17(7-4-8-17)16(20)19-15(13)14/h3,5-6,11H,2,4,7-10,18H2,1H3. The number of para-hydroxylation sites is 1. The molecule has 1 saturated heterocycles. The van der Waals surface area contributed by atoms with E-state index in [2.05, 4.69) is 29.7 Å². The molecule has 3 nitrogen and oxygen atoms in total. The minimum Gasteiger partial charge on any atom is -0.329 e. The molecule has 1 unspecified atom stereocenters. The van der Waals surface area contributed by atoms with Crippen LogP contribution in [0.1, 0.15) is 49.8 Å². The number of fused-ring (bicyclic) bond motifs is 3. The molecule has 0 radical (unpaired) electrons. The number of rotatable bonds is 1. The molecule has 3 heteroatoms. The van der Waals surface area contributed by atoms with Crippen molar-refractivity contribution in [3.63, 3.8) is 0 Å². The largest absolute Gasteiger partial charge is 0.329 e. The van der Waals surface area contributed by atoms with Crippen molar-refractivity contribution in [1.29, 1.82) is 0 Å². The minimum atomic E-state index is 0.00685. The molecule has 1 saturated carbocycles. The predicted octanol–water partition coefficient (Wildman–Crippen LogP) is 3.60. The first kappa shape index (κ1) is 12.2. The van der Waals surface area contributed by atoms with Gasteiger partial charge < -0.3 is 10.6 Å². The Kier molecular flexibility index (Phi) is 2.40. The Morgan fingerprint density at radius 2 is 2.15 bits per heavy atom. The molecule has 1 aliphatic carbocycles. The molecule has 0 bridgehead atoms. The first-order valence-electron chi connectivity index (χ1n) is 7.57. The van der Waals surface area contributed by atoms with E-state index < -0.39 is 0 Å². The topological polar surface area (TPSA) is 41.6 Å². The number of nitrogens with two attached hydrogens (primary N) is 1. The highest BCUT2D eigenvalue weighted by atomic mass is 15.3. The van der Waals surface area contributed by atoms with Gasteiger partial charge in [0.25, 0.3) is 0 Å². The summed E-state index contributed by atoms with van der Waals surface area (Å²) in [5.74, 6) is 1.26. The van der Waals surface area contributed by atoms with E-state index in [-0.39, 0.29) is 6.04 Å². The number of amidine groups is 1. The van der Waals surface area contributed by atoms with Crippen molar-refractivity contribution in [3.8, 4) is 0 Å². The maximum Gasteiger partial charge on any atom is 0.116 e. The van der Waals surface area contributed by atoms with Crippen LogP contribution in [0.15, 0.2) is 29.8 Å². The molecule has 20 heavy (non-hydrogen) atoms. The number of nitrogens with zero attached hydrogens (tertiary/aromatic N) is 2. The molecule has 1 spiro atoms. The first-order chi connectivity index (χ1) is 9.62. The van der Waals surface area contributed by atoms with E-state index in [9.17, 15) is 0 Å².